The minimum atomic E-state index is 0.396. The Bertz CT molecular complexity index is 101. The van der Waals surface area contributed by atoms with Crippen LogP contribution in [-0.4, -0.2) is 18.5 Å². The fourth-order valence-corrected chi connectivity index (χ4v) is 1.43. The third kappa shape index (κ3) is 1.87. The molecule has 1 saturated heterocycles. The second kappa shape index (κ2) is 2.51. The summed E-state index contributed by atoms with van der Waals surface area (Å²) in [6.07, 6.45) is 1.57. The van der Waals surface area contributed by atoms with Crippen LogP contribution in [0.1, 0.15) is 20.3 Å². The molecule has 0 aromatic carbocycles. The largest absolute Gasteiger partial charge is 0.377 e. The van der Waals surface area contributed by atoms with Gasteiger partial charge in [0.2, 0.25) is 0 Å². The molecule has 0 N–H and O–H groups in total. The molecular weight excluding hydrogens is 132 g/mol. The van der Waals surface area contributed by atoms with Crippen LogP contribution in [-0.2, 0) is 4.74 Å². The lowest BCUT2D eigenvalue weighted by Crippen LogP contribution is -2.10. The molecule has 1 nitrogen and oxygen atoms in total. The van der Waals surface area contributed by atoms with Gasteiger partial charge in [0.05, 0.1) is 12.7 Å². The van der Waals surface area contributed by atoms with Crippen LogP contribution in [0.4, 0.5) is 0 Å². The standard InChI is InChI=1S/C7H14OS/c1-7(2)3-6(4-9)8-5-7/h6,9H,3-5H2,1-2H3/t6-/m1/s1. The molecule has 0 spiro atoms. The summed E-state index contributed by atoms with van der Waals surface area (Å²) < 4.78 is 5.44. The SMILES string of the molecule is CC1(C)CO[C@@H](CS)C1. The summed E-state index contributed by atoms with van der Waals surface area (Å²) in [5.41, 5.74) is 0.396. The van der Waals surface area contributed by atoms with Crippen molar-refractivity contribution in [2.45, 2.75) is 26.4 Å². The summed E-state index contributed by atoms with van der Waals surface area (Å²) in [5, 5.41) is 0. The van der Waals surface area contributed by atoms with E-state index < -0.39 is 0 Å². The van der Waals surface area contributed by atoms with E-state index in [4.69, 9.17) is 4.74 Å². The van der Waals surface area contributed by atoms with Gasteiger partial charge in [0.25, 0.3) is 0 Å². The topological polar surface area (TPSA) is 9.23 Å². The molecule has 0 aromatic rings. The quantitative estimate of drug-likeness (QED) is 0.554. The zero-order chi connectivity index (χ0) is 6.91. The first kappa shape index (κ1) is 7.42. The average Bonchev–Trinajstić information content (AvgIpc) is 2.10. The van der Waals surface area contributed by atoms with Gasteiger partial charge in [0.15, 0.2) is 0 Å². The molecule has 54 valence electrons. The van der Waals surface area contributed by atoms with Crippen LogP contribution in [0.2, 0.25) is 0 Å². The normalized spacial score (nSPS) is 33.0. The van der Waals surface area contributed by atoms with Gasteiger partial charge >= 0.3 is 0 Å². The fraction of sp³-hybridized carbons (Fsp3) is 1.00. The van der Waals surface area contributed by atoms with Gasteiger partial charge in [0.1, 0.15) is 0 Å². The number of rotatable bonds is 1. The van der Waals surface area contributed by atoms with E-state index in [0.717, 1.165) is 18.8 Å². The van der Waals surface area contributed by atoms with Crippen molar-refractivity contribution in [2.24, 2.45) is 5.41 Å². The van der Waals surface area contributed by atoms with Crippen molar-refractivity contribution in [1.82, 2.24) is 0 Å². The lowest BCUT2D eigenvalue weighted by atomic mass is 9.91. The molecule has 1 rings (SSSR count). The minimum Gasteiger partial charge on any atom is -0.377 e. The first-order valence-corrected chi connectivity index (χ1v) is 4.00. The minimum absolute atomic E-state index is 0.396. The maximum absolute atomic E-state index is 5.44. The van der Waals surface area contributed by atoms with Crippen molar-refractivity contribution in [2.75, 3.05) is 12.4 Å². The number of thiol groups is 1. The number of hydrogen-bond donors (Lipinski definition) is 1. The maximum atomic E-state index is 5.44. The van der Waals surface area contributed by atoms with Gasteiger partial charge in [-0.05, 0) is 11.8 Å². The highest BCUT2D eigenvalue weighted by Gasteiger charge is 2.30. The molecule has 0 aromatic heterocycles. The summed E-state index contributed by atoms with van der Waals surface area (Å²) in [4.78, 5) is 0. The molecule has 0 aliphatic carbocycles. The molecule has 0 saturated carbocycles. The van der Waals surface area contributed by atoms with E-state index in [9.17, 15) is 0 Å². The molecule has 0 radical (unpaired) electrons. The van der Waals surface area contributed by atoms with Gasteiger partial charge in [-0.15, -0.1) is 0 Å². The molecule has 2 heteroatoms. The third-order valence-corrected chi connectivity index (χ3v) is 2.10. The predicted octanol–water partition coefficient (Wildman–Crippen LogP) is 1.73. The van der Waals surface area contributed by atoms with Crippen LogP contribution >= 0.6 is 12.6 Å². The number of hydrogen-bond acceptors (Lipinski definition) is 2. The molecule has 9 heavy (non-hydrogen) atoms. The third-order valence-electron chi connectivity index (χ3n) is 1.69. The fourth-order valence-electron chi connectivity index (χ4n) is 1.19. The zero-order valence-electron chi connectivity index (χ0n) is 6.05. The molecule has 1 fully saturated rings. The van der Waals surface area contributed by atoms with Gasteiger partial charge in [-0.2, -0.15) is 12.6 Å². The summed E-state index contributed by atoms with van der Waals surface area (Å²) in [7, 11) is 0. The van der Waals surface area contributed by atoms with E-state index in [1.165, 1.54) is 0 Å². The van der Waals surface area contributed by atoms with Crippen molar-refractivity contribution in [1.29, 1.82) is 0 Å². The second-order valence-electron chi connectivity index (χ2n) is 3.48. The highest BCUT2D eigenvalue weighted by atomic mass is 32.1. The lowest BCUT2D eigenvalue weighted by Gasteiger charge is -2.12. The van der Waals surface area contributed by atoms with E-state index >= 15 is 0 Å². The Balaban J connectivity index is 2.38. The summed E-state index contributed by atoms with van der Waals surface area (Å²) >= 11 is 4.17. The first-order chi connectivity index (χ1) is 4.14. The molecular formula is C7H14OS. The Morgan fingerprint density at radius 2 is 2.33 bits per heavy atom. The summed E-state index contributed by atoms with van der Waals surface area (Å²) in [6, 6.07) is 0. The Kier molecular flexibility index (Phi) is 2.07. The number of ether oxygens (including phenoxy) is 1. The van der Waals surface area contributed by atoms with E-state index in [2.05, 4.69) is 26.5 Å². The summed E-state index contributed by atoms with van der Waals surface area (Å²) in [6.45, 7) is 5.37. The molecule has 0 amide bonds. The Hall–Kier alpha value is 0.310. The van der Waals surface area contributed by atoms with Gasteiger partial charge in [-0.25, -0.2) is 0 Å². The van der Waals surface area contributed by atoms with Crippen molar-refractivity contribution in [3.05, 3.63) is 0 Å². The molecule has 0 unspecified atom stereocenters. The molecule has 1 aliphatic rings. The molecule has 1 atom stereocenters. The van der Waals surface area contributed by atoms with Gasteiger partial charge < -0.3 is 4.74 Å². The van der Waals surface area contributed by atoms with Crippen molar-refractivity contribution < 1.29 is 4.74 Å². The molecule has 1 aliphatic heterocycles. The van der Waals surface area contributed by atoms with E-state index in [1.807, 2.05) is 0 Å². The van der Waals surface area contributed by atoms with Gasteiger partial charge in [-0.3, -0.25) is 0 Å². The van der Waals surface area contributed by atoms with Crippen molar-refractivity contribution in [3.63, 3.8) is 0 Å². The smallest absolute Gasteiger partial charge is 0.0669 e. The summed E-state index contributed by atoms with van der Waals surface area (Å²) in [5.74, 6) is 0.865. The Labute approximate surface area is 62.2 Å². The van der Waals surface area contributed by atoms with E-state index in [1.54, 1.807) is 0 Å². The van der Waals surface area contributed by atoms with E-state index in [-0.39, 0.29) is 0 Å². The van der Waals surface area contributed by atoms with Crippen LogP contribution < -0.4 is 0 Å². The highest BCUT2D eigenvalue weighted by Crippen LogP contribution is 2.31. The van der Waals surface area contributed by atoms with E-state index in [0.29, 0.717) is 11.5 Å². The van der Waals surface area contributed by atoms with Crippen LogP contribution in [0.5, 0.6) is 0 Å². The van der Waals surface area contributed by atoms with Crippen molar-refractivity contribution in [3.8, 4) is 0 Å². The molecule has 0 bridgehead atoms. The zero-order valence-corrected chi connectivity index (χ0v) is 6.95. The van der Waals surface area contributed by atoms with Crippen LogP contribution in [0.3, 0.4) is 0 Å². The van der Waals surface area contributed by atoms with Crippen LogP contribution in [0, 0.1) is 5.41 Å². The van der Waals surface area contributed by atoms with Crippen LogP contribution in [0.15, 0.2) is 0 Å². The monoisotopic (exact) mass is 146 g/mol. The van der Waals surface area contributed by atoms with Crippen LogP contribution in [0.25, 0.3) is 0 Å². The average molecular weight is 146 g/mol. The Morgan fingerprint density at radius 1 is 1.67 bits per heavy atom. The lowest BCUT2D eigenvalue weighted by molar-refractivity contribution is 0.115. The van der Waals surface area contributed by atoms with Gasteiger partial charge in [0, 0.05) is 5.75 Å². The van der Waals surface area contributed by atoms with Crippen molar-refractivity contribution >= 4 is 12.6 Å². The highest BCUT2D eigenvalue weighted by molar-refractivity contribution is 7.80. The van der Waals surface area contributed by atoms with Gasteiger partial charge in [-0.1, -0.05) is 13.8 Å². The predicted molar refractivity (Wildman–Crippen MR) is 42.0 cm³/mol. The maximum Gasteiger partial charge on any atom is 0.0669 e. The Morgan fingerprint density at radius 3 is 2.56 bits per heavy atom. The second-order valence-corrected chi connectivity index (χ2v) is 3.85. The first-order valence-electron chi connectivity index (χ1n) is 3.36. The molecule has 1 heterocycles.